The molecule has 28 heavy (non-hydrogen) atoms. The van der Waals surface area contributed by atoms with Crippen molar-refractivity contribution in [2.24, 2.45) is 5.41 Å². The fourth-order valence-corrected chi connectivity index (χ4v) is 5.73. The third-order valence-electron chi connectivity index (χ3n) is 5.74. The van der Waals surface area contributed by atoms with Gasteiger partial charge in [0.2, 0.25) is 0 Å². The number of allylic oxidation sites excluding steroid dienone is 4. The Balaban J connectivity index is 1.80. The van der Waals surface area contributed by atoms with E-state index in [9.17, 15) is 10.1 Å². The van der Waals surface area contributed by atoms with Gasteiger partial charge in [-0.2, -0.15) is 5.26 Å². The molecular weight excluding hydrogens is 364 g/mol. The van der Waals surface area contributed by atoms with Gasteiger partial charge in [-0.3, -0.25) is 4.79 Å². The first kappa shape index (κ1) is 19.1. The van der Waals surface area contributed by atoms with Crippen LogP contribution in [0, 0.1) is 16.7 Å². The van der Waals surface area contributed by atoms with Crippen LogP contribution in [0.5, 0.6) is 0 Å². The van der Waals surface area contributed by atoms with Crippen molar-refractivity contribution < 1.29 is 4.79 Å². The van der Waals surface area contributed by atoms with Crippen LogP contribution in [0.25, 0.3) is 0 Å². The summed E-state index contributed by atoms with van der Waals surface area (Å²) >= 11 is 1.74. The van der Waals surface area contributed by atoms with E-state index in [4.69, 9.17) is 0 Å². The summed E-state index contributed by atoms with van der Waals surface area (Å²) in [6.07, 6.45) is 9.31. The molecule has 1 aromatic rings. The fourth-order valence-electron chi connectivity index (χ4n) is 4.48. The molecule has 0 unspecified atom stereocenters. The van der Waals surface area contributed by atoms with Crippen LogP contribution in [0.1, 0.15) is 57.4 Å². The summed E-state index contributed by atoms with van der Waals surface area (Å²) in [6.45, 7) is 4.29. The summed E-state index contributed by atoms with van der Waals surface area (Å²) in [5, 5.41) is 14.9. The molecule has 4 rings (SSSR count). The molecule has 0 saturated carbocycles. The zero-order valence-electron chi connectivity index (χ0n) is 16.5. The van der Waals surface area contributed by atoms with Gasteiger partial charge in [-0.25, -0.2) is 0 Å². The highest BCUT2D eigenvalue weighted by Gasteiger charge is 2.42. The lowest BCUT2D eigenvalue weighted by atomic mass is 9.69. The van der Waals surface area contributed by atoms with E-state index in [1.165, 1.54) is 6.42 Å². The molecule has 1 aromatic carbocycles. The Morgan fingerprint density at radius 1 is 1.21 bits per heavy atom. The van der Waals surface area contributed by atoms with Crippen molar-refractivity contribution in [1.82, 2.24) is 5.32 Å². The summed E-state index contributed by atoms with van der Waals surface area (Å²) < 4.78 is 0. The maximum absolute atomic E-state index is 13.1. The van der Waals surface area contributed by atoms with Gasteiger partial charge in [-0.05, 0) is 36.7 Å². The van der Waals surface area contributed by atoms with Crippen LogP contribution in [-0.2, 0) is 4.79 Å². The SMILES string of the molecule is CC1(C)CC(=O)C2=C(C1)NC(S[C@@H]1C=CCCC1)=C(C#N)[C@H]2c1ccccc1. The molecule has 0 spiro atoms. The molecule has 1 N–H and O–H groups in total. The van der Waals surface area contributed by atoms with Crippen molar-refractivity contribution in [2.75, 3.05) is 0 Å². The monoisotopic (exact) mass is 390 g/mol. The summed E-state index contributed by atoms with van der Waals surface area (Å²) in [5.41, 5.74) is 3.46. The Hall–Kier alpha value is -2.25. The number of carbonyl (C=O) groups is 1. The Morgan fingerprint density at radius 3 is 2.68 bits per heavy atom. The first-order valence-corrected chi connectivity index (χ1v) is 10.9. The summed E-state index contributed by atoms with van der Waals surface area (Å²) in [4.78, 5) is 13.1. The van der Waals surface area contributed by atoms with Gasteiger partial charge in [0.1, 0.15) is 0 Å². The summed E-state index contributed by atoms with van der Waals surface area (Å²) in [6, 6.07) is 12.5. The van der Waals surface area contributed by atoms with Crippen molar-refractivity contribution in [1.29, 1.82) is 5.26 Å². The zero-order valence-corrected chi connectivity index (χ0v) is 17.3. The van der Waals surface area contributed by atoms with Gasteiger partial charge in [-0.1, -0.05) is 68.1 Å². The largest absolute Gasteiger partial charge is 0.352 e. The Bertz CT molecular complexity index is 918. The molecule has 144 valence electrons. The second-order valence-corrected chi connectivity index (χ2v) is 9.92. The van der Waals surface area contributed by atoms with Crippen molar-refractivity contribution in [3.63, 3.8) is 0 Å². The summed E-state index contributed by atoms with van der Waals surface area (Å²) in [5.74, 6) is -0.0944. The first-order valence-electron chi connectivity index (χ1n) is 10.0. The van der Waals surface area contributed by atoms with Crippen LogP contribution >= 0.6 is 11.8 Å². The Morgan fingerprint density at radius 2 is 2.00 bits per heavy atom. The maximum atomic E-state index is 13.1. The van der Waals surface area contributed by atoms with Crippen LogP contribution in [0.15, 0.2) is 64.4 Å². The Labute approximate surface area is 171 Å². The fraction of sp³-hybridized carbons (Fsp3) is 0.417. The highest BCUT2D eigenvalue weighted by atomic mass is 32.2. The highest BCUT2D eigenvalue weighted by Crippen LogP contribution is 2.48. The van der Waals surface area contributed by atoms with Crippen LogP contribution < -0.4 is 5.32 Å². The molecule has 0 radical (unpaired) electrons. The number of dihydropyridines is 1. The highest BCUT2D eigenvalue weighted by molar-refractivity contribution is 8.03. The standard InChI is InChI=1S/C24H26N2OS/c1-24(2)13-19-22(20(27)14-24)21(16-9-5-3-6-10-16)18(15-25)23(26-19)28-17-11-7-4-8-12-17/h3,5-7,9-11,17,21,26H,4,8,12-14H2,1-2H3/t17-,21-/m1/s1. The Kier molecular flexibility index (Phi) is 5.21. The number of nitrogens with one attached hydrogen (secondary N) is 1. The van der Waals surface area contributed by atoms with Crippen molar-refractivity contribution >= 4 is 17.5 Å². The van der Waals surface area contributed by atoms with Crippen molar-refractivity contribution in [3.8, 4) is 6.07 Å². The van der Waals surface area contributed by atoms with E-state index in [0.29, 0.717) is 17.2 Å². The molecule has 0 fully saturated rings. The first-order chi connectivity index (χ1) is 13.5. The van der Waals surface area contributed by atoms with Crippen LogP contribution in [0.4, 0.5) is 0 Å². The van der Waals surface area contributed by atoms with Crippen LogP contribution in [0.2, 0.25) is 0 Å². The molecular formula is C24H26N2OS. The number of Topliss-reactive ketones (excluding diaryl/α,β-unsaturated/α-hetero) is 1. The minimum absolute atomic E-state index is 0.0607. The normalized spacial score (nSPS) is 26.5. The molecule has 0 bridgehead atoms. The van der Waals surface area contributed by atoms with Gasteiger partial charge < -0.3 is 5.32 Å². The van der Waals surface area contributed by atoms with E-state index in [2.05, 4.69) is 37.4 Å². The van der Waals surface area contributed by atoms with E-state index < -0.39 is 0 Å². The molecule has 0 aromatic heterocycles. The van der Waals surface area contributed by atoms with Crippen molar-refractivity contribution in [3.05, 3.63) is 69.9 Å². The molecule has 1 heterocycles. The molecule has 0 amide bonds. The van der Waals surface area contributed by atoms with E-state index >= 15 is 0 Å². The van der Waals surface area contributed by atoms with Gasteiger partial charge in [0.05, 0.1) is 22.6 Å². The number of hydrogen-bond donors (Lipinski definition) is 1. The number of rotatable bonds is 3. The van der Waals surface area contributed by atoms with Crippen LogP contribution in [0.3, 0.4) is 0 Å². The maximum Gasteiger partial charge on any atom is 0.162 e. The predicted octanol–water partition coefficient (Wildman–Crippen LogP) is 5.59. The van der Waals surface area contributed by atoms with E-state index in [-0.39, 0.29) is 17.1 Å². The third kappa shape index (κ3) is 3.69. The van der Waals surface area contributed by atoms with Crippen LogP contribution in [-0.4, -0.2) is 11.0 Å². The number of thioether (sulfide) groups is 1. The number of carbonyl (C=O) groups excluding carboxylic acids is 1. The number of benzene rings is 1. The lowest BCUT2D eigenvalue weighted by Crippen LogP contribution is -2.37. The lowest BCUT2D eigenvalue weighted by molar-refractivity contribution is -0.118. The van der Waals surface area contributed by atoms with Gasteiger partial charge in [0.25, 0.3) is 0 Å². The molecule has 4 heteroatoms. The number of nitrogens with zero attached hydrogens (tertiary/aromatic N) is 1. The van der Waals surface area contributed by atoms with Gasteiger partial charge in [-0.15, -0.1) is 0 Å². The smallest absolute Gasteiger partial charge is 0.162 e. The topological polar surface area (TPSA) is 52.9 Å². The average Bonchev–Trinajstić information content (AvgIpc) is 2.67. The van der Waals surface area contributed by atoms with Gasteiger partial charge in [0.15, 0.2) is 5.78 Å². The van der Waals surface area contributed by atoms with E-state index in [0.717, 1.165) is 41.1 Å². The number of ketones is 1. The molecule has 0 saturated heterocycles. The molecule has 2 atom stereocenters. The second kappa shape index (κ2) is 7.64. The predicted molar refractivity (Wildman–Crippen MR) is 114 cm³/mol. The van der Waals surface area contributed by atoms with Crippen molar-refractivity contribution in [2.45, 2.75) is 57.1 Å². The minimum Gasteiger partial charge on any atom is -0.352 e. The third-order valence-corrected chi connectivity index (χ3v) is 6.99. The number of hydrogen-bond acceptors (Lipinski definition) is 4. The summed E-state index contributed by atoms with van der Waals surface area (Å²) in [7, 11) is 0. The molecule has 3 aliphatic rings. The van der Waals surface area contributed by atoms with Gasteiger partial charge in [0, 0.05) is 22.9 Å². The zero-order chi connectivity index (χ0) is 19.7. The second-order valence-electron chi connectivity index (χ2n) is 8.67. The van der Waals surface area contributed by atoms with E-state index in [1.54, 1.807) is 11.8 Å². The minimum atomic E-state index is -0.263. The quantitative estimate of drug-likeness (QED) is 0.683. The average molecular weight is 391 g/mol. The lowest BCUT2D eigenvalue weighted by Gasteiger charge is -2.39. The molecule has 2 aliphatic carbocycles. The molecule has 1 aliphatic heterocycles. The van der Waals surface area contributed by atoms with Gasteiger partial charge >= 0.3 is 0 Å². The molecule has 3 nitrogen and oxygen atoms in total. The number of nitriles is 1. The van der Waals surface area contributed by atoms with E-state index in [1.807, 2.05) is 30.3 Å².